The first-order valence-corrected chi connectivity index (χ1v) is 5.69. The van der Waals surface area contributed by atoms with E-state index in [2.05, 4.69) is 10.3 Å². The Labute approximate surface area is 105 Å². The summed E-state index contributed by atoms with van der Waals surface area (Å²) >= 11 is 0. The second-order valence-corrected chi connectivity index (χ2v) is 4.13. The highest BCUT2D eigenvalue weighted by Gasteiger charge is 2.21. The van der Waals surface area contributed by atoms with Gasteiger partial charge in [0.05, 0.1) is 7.11 Å². The predicted octanol–water partition coefficient (Wildman–Crippen LogP) is 2.00. The number of hydrogen-bond acceptors (Lipinski definition) is 3. The molecule has 0 atom stereocenters. The van der Waals surface area contributed by atoms with Gasteiger partial charge in [-0.25, -0.2) is 0 Å². The van der Waals surface area contributed by atoms with Gasteiger partial charge >= 0.3 is 0 Å². The van der Waals surface area contributed by atoms with Crippen LogP contribution in [0.15, 0.2) is 36.7 Å². The van der Waals surface area contributed by atoms with E-state index in [1.54, 1.807) is 19.5 Å². The van der Waals surface area contributed by atoms with Crippen LogP contribution in [0.3, 0.4) is 0 Å². The molecule has 1 aliphatic heterocycles. The maximum atomic E-state index is 11.7. The van der Waals surface area contributed by atoms with Crippen molar-refractivity contribution in [3.05, 3.63) is 47.8 Å². The van der Waals surface area contributed by atoms with Crippen LogP contribution in [0.2, 0.25) is 0 Å². The summed E-state index contributed by atoms with van der Waals surface area (Å²) in [5.74, 6) is 0.732. The molecular weight excluding hydrogens is 228 g/mol. The molecule has 2 aromatic rings. The topological polar surface area (TPSA) is 51.2 Å². The molecule has 1 aromatic carbocycles. The number of pyridine rings is 1. The second-order valence-electron chi connectivity index (χ2n) is 4.13. The summed E-state index contributed by atoms with van der Waals surface area (Å²) < 4.78 is 5.39. The van der Waals surface area contributed by atoms with Crippen molar-refractivity contribution < 1.29 is 9.53 Å². The lowest BCUT2D eigenvalue weighted by atomic mass is 10.0. The van der Waals surface area contributed by atoms with E-state index in [1.165, 1.54) is 0 Å². The van der Waals surface area contributed by atoms with Crippen molar-refractivity contribution in [2.24, 2.45) is 0 Å². The van der Waals surface area contributed by atoms with Gasteiger partial charge in [-0.2, -0.15) is 0 Å². The van der Waals surface area contributed by atoms with Gasteiger partial charge in [-0.05, 0) is 23.8 Å². The zero-order valence-corrected chi connectivity index (χ0v) is 9.93. The fourth-order valence-electron chi connectivity index (χ4n) is 2.17. The monoisotopic (exact) mass is 240 g/mol. The number of nitrogens with zero attached hydrogens (tertiary/aromatic N) is 1. The number of carbonyl (C=O) groups excluding carboxylic acids is 1. The van der Waals surface area contributed by atoms with Crippen LogP contribution in [0.5, 0.6) is 5.75 Å². The summed E-state index contributed by atoms with van der Waals surface area (Å²) in [5.41, 5.74) is 3.53. The lowest BCUT2D eigenvalue weighted by Crippen LogP contribution is -2.12. The van der Waals surface area contributed by atoms with Gasteiger partial charge in [0.25, 0.3) is 5.91 Å². The SMILES string of the molecule is COc1cc2c(cc1-c1cccnc1)C(=O)NC2. The largest absolute Gasteiger partial charge is 0.496 e. The predicted molar refractivity (Wildman–Crippen MR) is 67.4 cm³/mol. The van der Waals surface area contributed by atoms with E-state index in [4.69, 9.17) is 4.74 Å². The highest BCUT2D eigenvalue weighted by atomic mass is 16.5. The molecular formula is C14H12N2O2. The number of methoxy groups -OCH3 is 1. The molecule has 4 heteroatoms. The third-order valence-electron chi connectivity index (χ3n) is 3.08. The molecule has 0 fully saturated rings. The zero-order valence-electron chi connectivity index (χ0n) is 9.93. The normalized spacial score (nSPS) is 13.1. The van der Waals surface area contributed by atoms with E-state index in [0.29, 0.717) is 6.54 Å². The second kappa shape index (κ2) is 4.14. The van der Waals surface area contributed by atoms with E-state index in [0.717, 1.165) is 28.0 Å². The fraction of sp³-hybridized carbons (Fsp3) is 0.143. The van der Waals surface area contributed by atoms with Gasteiger partial charge in [-0.15, -0.1) is 0 Å². The summed E-state index contributed by atoms with van der Waals surface area (Å²) in [4.78, 5) is 15.8. The standard InChI is InChI=1S/C14H12N2O2/c1-18-13-5-10-8-16-14(17)12(10)6-11(13)9-3-2-4-15-7-9/h2-7H,8H2,1H3,(H,16,17). The van der Waals surface area contributed by atoms with E-state index < -0.39 is 0 Å². The maximum Gasteiger partial charge on any atom is 0.251 e. The molecule has 0 aliphatic carbocycles. The van der Waals surface area contributed by atoms with Crippen LogP contribution in [-0.2, 0) is 6.54 Å². The van der Waals surface area contributed by atoms with Crippen LogP contribution in [0, 0.1) is 0 Å². The maximum absolute atomic E-state index is 11.7. The van der Waals surface area contributed by atoms with Gasteiger partial charge in [0.1, 0.15) is 5.75 Å². The molecule has 4 nitrogen and oxygen atoms in total. The molecule has 0 unspecified atom stereocenters. The Morgan fingerprint density at radius 3 is 2.94 bits per heavy atom. The van der Waals surface area contributed by atoms with E-state index in [1.807, 2.05) is 24.3 Å². The molecule has 90 valence electrons. The number of amides is 1. The molecule has 1 amide bonds. The number of benzene rings is 1. The van der Waals surface area contributed by atoms with Crippen molar-refractivity contribution in [3.8, 4) is 16.9 Å². The Morgan fingerprint density at radius 1 is 1.33 bits per heavy atom. The molecule has 0 spiro atoms. The molecule has 2 heterocycles. The van der Waals surface area contributed by atoms with Crippen LogP contribution in [0.4, 0.5) is 0 Å². The molecule has 1 aromatic heterocycles. The van der Waals surface area contributed by atoms with Gasteiger partial charge in [0.2, 0.25) is 0 Å². The quantitative estimate of drug-likeness (QED) is 0.873. The van der Waals surface area contributed by atoms with Crippen LogP contribution >= 0.6 is 0 Å². The summed E-state index contributed by atoms with van der Waals surface area (Å²) in [5, 5.41) is 2.80. The van der Waals surface area contributed by atoms with E-state index >= 15 is 0 Å². The van der Waals surface area contributed by atoms with Gasteiger partial charge in [0.15, 0.2) is 0 Å². The Bertz CT molecular complexity index is 609. The van der Waals surface area contributed by atoms with Crippen molar-refractivity contribution in [1.29, 1.82) is 0 Å². The highest BCUT2D eigenvalue weighted by molar-refractivity contribution is 6.00. The van der Waals surface area contributed by atoms with Crippen LogP contribution in [-0.4, -0.2) is 18.0 Å². The van der Waals surface area contributed by atoms with E-state index in [9.17, 15) is 4.79 Å². The Morgan fingerprint density at radius 2 is 2.22 bits per heavy atom. The first kappa shape index (κ1) is 10.8. The molecule has 1 N–H and O–H groups in total. The number of rotatable bonds is 2. The van der Waals surface area contributed by atoms with Crippen LogP contribution in [0.25, 0.3) is 11.1 Å². The van der Waals surface area contributed by atoms with Crippen molar-refractivity contribution in [2.75, 3.05) is 7.11 Å². The van der Waals surface area contributed by atoms with Crippen LogP contribution < -0.4 is 10.1 Å². The van der Waals surface area contributed by atoms with Crippen molar-refractivity contribution >= 4 is 5.91 Å². The van der Waals surface area contributed by atoms with E-state index in [-0.39, 0.29) is 5.91 Å². The average Bonchev–Trinajstić information content (AvgIpc) is 2.79. The van der Waals surface area contributed by atoms with Gasteiger partial charge in [-0.3, -0.25) is 9.78 Å². The summed E-state index contributed by atoms with van der Waals surface area (Å²) in [7, 11) is 1.63. The average molecular weight is 240 g/mol. The number of nitrogens with one attached hydrogen (secondary N) is 1. The summed E-state index contributed by atoms with van der Waals surface area (Å²) in [6.45, 7) is 0.567. The molecule has 18 heavy (non-hydrogen) atoms. The Kier molecular flexibility index (Phi) is 2.48. The molecule has 0 saturated heterocycles. The third-order valence-corrected chi connectivity index (χ3v) is 3.08. The fourth-order valence-corrected chi connectivity index (χ4v) is 2.17. The van der Waals surface area contributed by atoms with Crippen molar-refractivity contribution in [2.45, 2.75) is 6.54 Å². The Balaban J connectivity index is 2.20. The minimum atomic E-state index is -0.0298. The number of ether oxygens (including phenoxy) is 1. The smallest absolute Gasteiger partial charge is 0.251 e. The number of hydrogen-bond donors (Lipinski definition) is 1. The van der Waals surface area contributed by atoms with Gasteiger partial charge in [-0.1, -0.05) is 6.07 Å². The lowest BCUT2D eigenvalue weighted by molar-refractivity contribution is 0.0966. The first-order valence-electron chi connectivity index (χ1n) is 5.69. The molecule has 1 aliphatic rings. The molecule has 3 rings (SSSR count). The third kappa shape index (κ3) is 1.62. The molecule has 0 saturated carbocycles. The van der Waals surface area contributed by atoms with Crippen LogP contribution in [0.1, 0.15) is 15.9 Å². The first-order chi connectivity index (χ1) is 8.79. The number of fused-ring (bicyclic) bond motifs is 1. The van der Waals surface area contributed by atoms with Gasteiger partial charge in [0, 0.05) is 35.6 Å². The Hall–Kier alpha value is -2.36. The minimum absolute atomic E-state index is 0.0298. The van der Waals surface area contributed by atoms with Crippen molar-refractivity contribution in [3.63, 3.8) is 0 Å². The molecule has 0 bridgehead atoms. The van der Waals surface area contributed by atoms with Gasteiger partial charge < -0.3 is 10.1 Å². The highest BCUT2D eigenvalue weighted by Crippen LogP contribution is 2.33. The molecule has 0 radical (unpaired) electrons. The number of aromatic nitrogens is 1. The lowest BCUT2D eigenvalue weighted by Gasteiger charge is -2.10. The number of carbonyl (C=O) groups is 1. The summed E-state index contributed by atoms with van der Waals surface area (Å²) in [6, 6.07) is 7.59. The summed E-state index contributed by atoms with van der Waals surface area (Å²) in [6.07, 6.45) is 3.48. The minimum Gasteiger partial charge on any atom is -0.496 e. The van der Waals surface area contributed by atoms with Crippen molar-refractivity contribution in [1.82, 2.24) is 10.3 Å². The zero-order chi connectivity index (χ0) is 12.5.